The fourth-order valence-electron chi connectivity index (χ4n) is 1.75. The second kappa shape index (κ2) is 6.57. The lowest BCUT2D eigenvalue weighted by molar-refractivity contribution is 0.410. The quantitative estimate of drug-likeness (QED) is 0.731. The Morgan fingerprint density at radius 3 is 2.45 bits per heavy atom. The van der Waals surface area contributed by atoms with Gasteiger partial charge in [0.2, 0.25) is 0 Å². The van der Waals surface area contributed by atoms with E-state index < -0.39 is 0 Å². The van der Waals surface area contributed by atoms with Crippen LogP contribution in [0, 0.1) is 0 Å². The maximum atomic E-state index is 9.52. The molecule has 2 rings (SSSR count). The van der Waals surface area contributed by atoms with E-state index in [1.165, 1.54) is 0 Å². The smallest absolute Gasteiger partial charge is 0.152 e. The average Bonchev–Trinajstić information content (AvgIpc) is 2.42. The lowest BCUT2D eigenvalue weighted by atomic mass is 10.2. The first kappa shape index (κ1) is 15.3. The molecule has 0 unspecified atom stereocenters. The Hall–Kier alpha value is -1.10. The molecule has 0 heterocycles. The zero-order valence-corrected chi connectivity index (χ0v) is 13.7. The molecule has 0 atom stereocenters. The summed E-state index contributed by atoms with van der Waals surface area (Å²) in [4.78, 5) is 0. The van der Waals surface area contributed by atoms with Gasteiger partial charge in [-0.1, -0.05) is 39.1 Å². The summed E-state index contributed by atoms with van der Waals surface area (Å²) in [7, 11) is 1.63. The molecule has 0 radical (unpaired) electrons. The normalized spacial score (nSPS) is 10.4. The van der Waals surface area contributed by atoms with Crippen LogP contribution in [-0.2, 0) is 6.54 Å². The molecule has 6 heteroatoms. The topological polar surface area (TPSA) is 41.5 Å². The number of nitrogens with one attached hydrogen (secondary N) is 1. The fraction of sp³-hybridized carbons (Fsp3) is 0.143. The molecule has 0 spiro atoms. The van der Waals surface area contributed by atoms with Crippen molar-refractivity contribution < 1.29 is 9.84 Å². The third-order valence-electron chi connectivity index (χ3n) is 2.74. The Morgan fingerprint density at radius 1 is 1.20 bits per heavy atom. The van der Waals surface area contributed by atoms with Crippen molar-refractivity contribution >= 4 is 44.8 Å². The monoisotopic (exact) mass is 375 g/mol. The molecule has 3 nitrogen and oxygen atoms in total. The van der Waals surface area contributed by atoms with Gasteiger partial charge < -0.3 is 15.2 Å². The molecule has 20 heavy (non-hydrogen) atoms. The van der Waals surface area contributed by atoms with E-state index in [1.54, 1.807) is 19.2 Å². The van der Waals surface area contributed by atoms with Gasteiger partial charge in [-0.2, -0.15) is 0 Å². The first-order valence-electron chi connectivity index (χ1n) is 5.75. The number of ether oxygens (including phenoxy) is 1. The number of rotatable bonds is 4. The van der Waals surface area contributed by atoms with E-state index in [-0.39, 0.29) is 15.8 Å². The van der Waals surface area contributed by atoms with Gasteiger partial charge in [0.05, 0.1) is 17.2 Å². The number of phenols is 1. The largest absolute Gasteiger partial charge is 0.505 e. The van der Waals surface area contributed by atoms with Crippen LogP contribution in [-0.4, -0.2) is 12.2 Å². The Labute approximate surface area is 135 Å². The van der Waals surface area contributed by atoms with E-state index in [1.807, 2.05) is 18.2 Å². The van der Waals surface area contributed by atoms with Crippen LogP contribution in [0.1, 0.15) is 5.56 Å². The first-order valence-corrected chi connectivity index (χ1v) is 7.30. The number of methoxy groups -OCH3 is 1. The minimum Gasteiger partial charge on any atom is -0.505 e. The van der Waals surface area contributed by atoms with Gasteiger partial charge in [0.25, 0.3) is 0 Å². The molecule has 2 aromatic rings. The van der Waals surface area contributed by atoms with Crippen molar-refractivity contribution in [2.24, 2.45) is 0 Å². The zero-order valence-electron chi connectivity index (χ0n) is 10.6. The lowest BCUT2D eigenvalue weighted by Crippen LogP contribution is -2.02. The maximum absolute atomic E-state index is 9.52. The number of hydrogen-bond donors (Lipinski definition) is 2. The van der Waals surface area contributed by atoms with Crippen LogP contribution in [0.4, 0.5) is 5.69 Å². The standard InChI is InChI=1S/C14H12BrCl2NO2/c1-20-13-3-2-9(15)4-8(13)7-18-10-5-11(16)14(19)12(17)6-10/h2-6,18-19H,7H2,1H3. The van der Waals surface area contributed by atoms with Gasteiger partial charge in [-0.3, -0.25) is 0 Å². The number of aromatic hydroxyl groups is 1. The molecule has 2 N–H and O–H groups in total. The number of anilines is 1. The maximum Gasteiger partial charge on any atom is 0.152 e. The van der Waals surface area contributed by atoms with Crippen molar-refractivity contribution in [2.45, 2.75) is 6.54 Å². The first-order chi connectivity index (χ1) is 9.51. The van der Waals surface area contributed by atoms with Crippen molar-refractivity contribution in [3.05, 3.63) is 50.4 Å². The molecule has 0 aromatic heterocycles. The summed E-state index contributed by atoms with van der Waals surface area (Å²) in [6.07, 6.45) is 0. The van der Waals surface area contributed by atoms with Gasteiger partial charge in [0.15, 0.2) is 5.75 Å². The van der Waals surface area contributed by atoms with Crippen molar-refractivity contribution in [3.63, 3.8) is 0 Å². The molecule has 0 bridgehead atoms. The van der Waals surface area contributed by atoms with Crippen LogP contribution in [0.2, 0.25) is 10.0 Å². The van der Waals surface area contributed by atoms with E-state index in [2.05, 4.69) is 21.2 Å². The van der Waals surface area contributed by atoms with Gasteiger partial charge >= 0.3 is 0 Å². The van der Waals surface area contributed by atoms with Crippen LogP contribution < -0.4 is 10.1 Å². The van der Waals surface area contributed by atoms with Gasteiger partial charge in [-0.05, 0) is 30.3 Å². The second-order valence-corrected chi connectivity index (χ2v) is 5.83. The summed E-state index contributed by atoms with van der Waals surface area (Å²) in [6, 6.07) is 9.00. The SMILES string of the molecule is COc1ccc(Br)cc1CNc1cc(Cl)c(O)c(Cl)c1. The van der Waals surface area contributed by atoms with Crippen LogP contribution in [0.15, 0.2) is 34.8 Å². The van der Waals surface area contributed by atoms with E-state index >= 15 is 0 Å². The van der Waals surface area contributed by atoms with Gasteiger partial charge in [0.1, 0.15) is 5.75 Å². The molecule has 0 amide bonds. The predicted octanol–water partition coefficient (Wildman–Crippen LogP) is 5.08. The van der Waals surface area contributed by atoms with Gasteiger partial charge in [0, 0.05) is 22.3 Å². The Bertz CT molecular complexity index is 612. The molecule has 0 saturated carbocycles. The third-order valence-corrected chi connectivity index (χ3v) is 3.81. The Morgan fingerprint density at radius 2 is 1.85 bits per heavy atom. The minimum atomic E-state index is -0.112. The van der Waals surface area contributed by atoms with E-state index in [4.69, 9.17) is 27.9 Å². The lowest BCUT2D eigenvalue weighted by Gasteiger charge is -2.12. The summed E-state index contributed by atoms with van der Waals surface area (Å²) in [5, 5.41) is 13.1. The highest BCUT2D eigenvalue weighted by Crippen LogP contribution is 2.35. The molecule has 0 aliphatic heterocycles. The van der Waals surface area contributed by atoms with Crippen LogP contribution in [0.5, 0.6) is 11.5 Å². The molecular weight excluding hydrogens is 365 g/mol. The summed E-state index contributed by atoms with van der Waals surface area (Å²) >= 11 is 15.2. The molecule has 2 aromatic carbocycles. The molecule has 0 fully saturated rings. The minimum absolute atomic E-state index is 0.112. The third kappa shape index (κ3) is 3.51. The van der Waals surface area contributed by atoms with Crippen molar-refractivity contribution in [2.75, 3.05) is 12.4 Å². The van der Waals surface area contributed by atoms with E-state index in [0.29, 0.717) is 6.54 Å². The van der Waals surface area contributed by atoms with Crippen molar-refractivity contribution in [1.29, 1.82) is 0 Å². The summed E-state index contributed by atoms with van der Waals surface area (Å²) < 4.78 is 6.27. The summed E-state index contributed by atoms with van der Waals surface area (Å²) in [5.41, 5.74) is 1.71. The predicted molar refractivity (Wildman–Crippen MR) is 86.1 cm³/mol. The molecule has 0 aliphatic rings. The van der Waals surface area contributed by atoms with Gasteiger partial charge in [-0.25, -0.2) is 0 Å². The molecule has 0 saturated heterocycles. The van der Waals surface area contributed by atoms with Crippen LogP contribution >= 0.6 is 39.1 Å². The average molecular weight is 377 g/mol. The zero-order chi connectivity index (χ0) is 14.7. The Balaban J connectivity index is 2.18. The molecule has 0 aliphatic carbocycles. The molecular formula is C14H12BrCl2NO2. The Kier molecular flexibility index (Phi) is 5.02. The van der Waals surface area contributed by atoms with Crippen LogP contribution in [0.25, 0.3) is 0 Å². The van der Waals surface area contributed by atoms with Crippen LogP contribution in [0.3, 0.4) is 0 Å². The van der Waals surface area contributed by atoms with Crippen molar-refractivity contribution in [1.82, 2.24) is 0 Å². The number of phenolic OH excluding ortho intramolecular Hbond substituents is 1. The highest BCUT2D eigenvalue weighted by atomic mass is 79.9. The summed E-state index contributed by atoms with van der Waals surface area (Å²) in [5.74, 6) is 0.676. The fourth-order valence-corrected chi connectivity index (χ4v) is 2.65. The van der Waals surface area contributed by atoms with Crippen molar-refractivity contribution in [3.8, 4) is 11.5 Å². The second-order valence-electron chi connectivity index (χ2n) is 4.10. The van der Waals surface area contributed by atoms with E-state index in [0.717, 1.165) is 21.5 Å². The highest BCUT2D eigenvalue weighted by Gasteiger charge is 2.08. The molecule has 106 valence electrons. The van der Waals surface area contributed by atoms with Gasteiger partial charge in [-0.15, -0.1) is 0 Å². The number of hydrogen-bond acceptors (Lipinski definition) is 3. The summed E-state index contributed by atoms with van der Waals surface area (Å²) in [6.45, 7) is 0.542. The highest BCUT2D eigenvalue weighted by molar-refractivity contribution is 9.10. The van der Waals surface area contributed by atoms with E-state index in [9.17, 15) is 5.11 Å². The number of halogens is 3. The number of benzene rings is 2.